The summed E-state index contributed by atoms with van der Waals surface area (Å²) in [5.74, 6) is -2.25. The van der Waals surface area contributed by atoms with Gasteiger partial charge in [0.05, 0.1) is 44.4 Å². The van der Waals surface area contributed by atoms with Crippen molar-refractivity contribution < 1.29 is 19.1 Å². The Kier molecular flexibility index (Phi) is 6.28. The number of nitrogens with zero attached hydrogens (tertiary/aromatic N) is 6. The minimum Gasteiger partial charge on any atom is -0.466 e. The molecule has 0 saturated heterocycles. The molecular weight excluding hydrogens is 450 g/mol. The summed E-state index contributed by atoms with van der Waals surface area (Å²) in [4.78, 5) is 28.9. The number of methoxy groups -OCH3 is 2. The van der Waals surface area contributed by atoms with E-state index < -0.39 is 17.9 Å². The second-order valence-electron chi connectivity index (χ2n) is 7.49. The third-order valence-corrected chi connectivity index (χ3v) is 5.48. The van der Waals surface area contributed by atoms with Gasteiger partial charge in [-0.25, -0.2) is 9.59 Å². The first-order valence-corrected chi connectivity index (χ1v) is 10.4. The maximum absolute atomic E-state index is 13.1. The number of allylic oxidation sites excluding steroid dienone is 1. The van der Waals surface area contributed by atoms with Crippen LogP contribution in [0.4, 0.5) is 5.69 Å². The van der Waals surface area contributed by atoms with Gasteiger partial charge in [0, 0.05) is 11.3 Å². The van der Waals surface area contributed by atoms with Crippen molar-refractivity contribution in [3.8, 4) is 17.5 Å². The lowest BCUT2D eigenvalue weighted by molar-refractivity contribution is -0.139. The number of nitriles is 1. The summed E-state index contributed by atoms with van der Waals surface area (Å²) in [6.07, 6.45) is 0. The van der Waals surface area contributed by atoms with Crippen LogP contribution in [0, 0.1) is 11.3 Å². The van der Waals surface area contributed by atoms with E-state index in [0.717, 1.165) is 0 Å². The third kappa shape index (κ3) is 4.08. The fourth-order valence-electron chi connectivity index (χ4n) is 3.97. The van der Waals surface area contributed by atoms with Gasteiger partial charge < -0.3 is 15.2 Å². The standard InChI is InChI=1S/C24H21N7O4/c1-30-28-22(27-29-30)15-10-7-11-16(12-15)31-20(24(33)35-3)19(23(32)34-2)18(17(13-25)21(31)26)14-8-5-4-6-9-14/h4-12,18H,26H2,1-3H3. The Morgan fingerprint density at radius 3 is 2.37 bits per heavy atom. The Balaban J connectivity index is 2.01. The second-order valence-corrected chi connectivity index (χ2v) is 7.49. The molecule has 0 bridgehead atoms. The molecule has 35 heavy (non-hydrogen) atoms. The molecule has 1 unspecified atom stereocenters. The molecule has 2 heterocycles. The van der Waals surface area contributed by atoms with Gasteiger partial charge in [-0.05, 0) is 22.9 Å². The predicted octanol–water partition coefficient (Wildman–Crippen LogP) is 1.77. The Morgan fingerprint density at radius 1 is 1.06 bits per heavy atom. The van der Waals surface area contributed by atoms with Crippen LogP contribution in [-0.4, -0.2) is 46.4 Å². The summed E-state index contributed by atoms with van der Waals surface area (Å²) < 4.78 is 10.1. The lowest BCUT2D eigenvalue weighted by Gasteiger charge is -2.36. The number of carbonyl (C=O) groups excluding carboxylic acids is 2. The topological polar surface area (TPSA) is 149 Å². The van der Waals surface area contributed by atoms with Gasteiger partial charge in [-0.1, -0.05) is 42.5 Å². The summed E-state index contributed by atoms with van der Waals surface area (Å²) in [7, 11) is 4.03. The minimum atomic E-state index is -0.941. The van der Waals surface area contributed by atoms with E-state index in [4.69, 9.17) is 15.2 Å². The Morgan fingerprint density at radius 2 is 1.77 bits per heavy atom. The number of esters is 2. The first-order chi connectivity index (χ1) is 16.9. The molecule has 4 rings (SSSR count). The number of tetrazole rings is 1. The highest BCUT2D eigenvalue weighted by Gasteiger charge is 2.43. The molecule has 11 nitrogen and oxygen atoms in total. The summed E-state index contributed by atoms with van der Waals surface area (Å²) in [6.45, 7) is 0. The molecule has 3 aromatic rings. The molecular formula is C24H21N7O4. The number of nitrogens with two attached hydrogens (primary N) is 1. The quantitative estimate of drug-likeness (QED) is 0.546. The van der Waals surface area contributed by atoms with Crippen molar-refractivity contribution in [2.24, 2.45) is 12.8 Å². The van der Waals surface area contributed by atoms with E-state index in [-0.39, 0.29) is 22.7 Å². The van der Waals surface area contributed by atoms with Crippen molar-refractivity contribution in [1.82, 2.24) is 20.2 Å². The average Bonchev–Trinajstić information content (AvgIpc) is 3.33. The van der Waals surface area contributed by atoms with Crippen LogP contribution in [0.15, 0.2) is 77.3 Å². The smallest absolute Gasteiger partial charge is 0.355 e. The van der Waals surface area contributed by atoms with Gasteiger partial charge in [-0.3, -0.25) is 4.90 Å². The molecule has 0 radical (unpaired) electrons. The van der Waals surface area contributed by atoms with Gasteiger partial charge in [-0.2, -0.15) is 10.1 Å². The minimum absolute atomic E-state index is 0.0290. The van der Waals surface area contributed by atoms with Gasteiger partial charge in [0.15, 0.2) is 0 Å². The highest BCUT2D eigenvalue weighted by molar-refractivity contribution is 6.06. The second kappa shape index (κ2) is 9.48. The molecule has 0 saturated carbocycles. The van der Waals surface area contributed by atoms with Crippen LogP contribution in [0.2, 0.25) is 0 Å². The van der Waals surface area contributed by atoms with Crippen LogP contribution in [0.3, 0.4) is 0 Å². The number of ether oxygens (including phenoxy) is 2. The number of rotatable bonds is 5. The summed E-state index contributed by atoms with van der Waals surface area (Å²) >= 11 is 0. The zero-order valence-electron chi connectivity index (χ0n) is 19.2. The average molecular weight is 471 g/mol. The van der Waals surface area contributed by atoms with E-state index in [9.17, 15) is 14.9 Å². The molecule has 11 heteroatoms. The van der Waals surface area contributed by atoms with Crippen LogP contribution in [0.25, 0.3) is 11.4 Å². The van der Waals surface area contributed by atoms with E-state index in [1.54, 1.807) is 61.6 Å². The molecule has 1 aliphatic rings. The number of carbonyl (C=O) groups is 2. The van der Waals surface area contributed by atoms with Crippen LogP contribution in [0.1, 0.15) is 11.5 Å². The number of hydrogen-bond acceptors (Lipinski definition) is 10. The monoisotopic (exact) mass is 471 g/mol. The molecule has 2 N–H and O–H groups in total. The molecule has 1 aromatic heterocycles. The van der Waals surface area contributed by atoms with Crippen molar-refractivity contribution in [2.75, 3.05) is 19.1 Å². The zero-order valence-corrected chi connectivity index (χ0v) is 19.2. The van der Waals surface area contributed by atoms with Crippen LogP contribution in [0.5, 0.6) is 0 Å². The molecule has 0 amide bonds. The normalized spacial score (nSPS) is 15.6. The number of anilines is 1. The lowest BCUT2D eigenvalue weighted by Crippen LogP contribution is -2.40. The maximum atomic E-state index is 13.1. The number of aromatic nitrogens is 4. The highest BCUT2D eigenvalue weighted by Crippen LogP contribution is 2.43. The zero-order chi connectivity index (χ0) is 25.1. The van der Waals surface area contributed by atoms with Crippen molar-refractivity contribution >= 4 is 17.6 Å². The van der Waals surface area contributed by atoms with Crippen LogP contribution in [-0.2, 0) is 26.1 Å². The van der Waals surface area contributed by atoms with Crippen molar-refractivity contribution in [3.63, 3.8) is 0 Å². The van der Waals surface area contributed by atoms with Crippen molar-refractivity contribution in [1.29, 1.82) is 5.26 Å². The fourth-order valence-corrected chi connectivity index (χ4v) is 3.97. The Hall–Kier alpha value is -4.98. The van der Waals surface area contributed by atoms with Gasteiger partial charge in [0.1, 0.15) is 11.5 Å². The largest absolute Gasteiger partial charge is 0.466 e. The van der Waals surface area contributed by atoms with Crippen molar-refractivity contribution in [2.45, 2.75) is 5.92 Å². The molecule has 0 spiro atoms. The lowest BCUT2D eigenvalue weighted by atomic mass is 9.81. The number of hydrogen-bond donors (Lipinski definition) is 1. The molecule has 176 valence electrons. The van der Waals surface area contributed by atoms with Gasteiger partial charge in [0.2, 0.25) is 5.82 Å². The molecule has 0 aliphatic carbocycles. The Labute approximate surface area is 200 Å². The van der Waals surface area contributed by atoms with Gasteiger partial charge in [-0.15, -0.1) is 10.2 Å². The summed E-state index contributed by atoms with van der Waals surface area (Å²) in [6, 6.07) is 17.7. The predicted molar refractivity (Wildman–Crippen MR) is 124 cm³/mol. The molecule has 2 aromatic carbocycles. The van der Waals surface area contributed by atoms with Gasteiger partial charge in [0.25, 0.3) is 0 Å². The fraction of sp³-hybridized carbons (Fsp3) is 0.167. The van der Waals surface area contributed by atoms with E-state index in [1.807, 2.05) is 0 Å². The SMILES string of the molecule is COC(=O)C1=C(C(=O)OC)N(c2cccc(-c3nnn(C)n3)c2)C(N)=C(C#N)C1c1ccccc1. The summed E-state index contributed by atoms with van der Waals surface area (Å²) in [5.41, 5.74) is 7.91. The van der Waals surface area contributed by atoms with E-state index in [0.29, 0.717) is 22.6 Å². The Bertz CT molecular complexity index is 1400. The van der Waals surface area contributed by atoms with Crippen LogP contribution < -0.4 is 10.6 Å². The van der Waals surface area contributed by atoms with E-state index in [1.165, 1.54) is 23.9 Å². The molecule has 1 aliphatic heterocycles. The van der Waals surface area contributed by atoms with E-state index in [2.05, 4.69) is 21.5 Å². The molecule has 1 atom stereocenters. The first kappa shape index (κ1) is 23.2. The first-order valence-electron chi connectivity index (χ1n) is 10.4. The molecule has 0 fully saturated rings. The van der Waals surface area contributed by atoms with Gasteiger partial charge >= 0.3 is 11.9 Å². The maximum Gasteiger partial charge on any atom is 0.355 e. The highest BCUT2D eigenvalue weighted by atomic mass is 16.5. The number of aryl methyl sites for hydroxylation is 1. The van der Waals surface area contributed by atoms with Crippen molar-refractivity contribution in [3.05, 3.63) is 82.8 Å². The van der Waals surface area contributed by atoms with E-state index >= 15 is 0 Å². The number of benzene rings is 2. The third-order valence-electron chi connectivity index (χ3n) is 5.48. The van der Waals surface area contributed by atoms with Crippen LogP contribution >= 0.6 is 0 Å². The summed E-state index contributed by atoms with van der Waals surface area (Å²) in [5, 5.41) is 22.2.